The van der Waals surface area contributed by atoms with E-state index in [1.54, 1.807) is 0 Å². The van der Waals surface area contributed by atoms with Crippen molar-refractivity contribution in [1.82, 2.24) is 0 Å². The molecule has 0 radical (unpaired) electrons. The molecule has 0 spiro atoms. The molecule has 1 aliphatic rings. The van der Waals surface area contributed by atoms with Crippen molar-refractivity contribution < 1.29 is 4.39 Å². The van der Waals surface area contributed by atoms with Gasteiger partial charge in [0.1, 0.15) is 5.82 Å². The normalized spacial score (nSPS) is 16.2. The Bertz CT molecular complexity index is 993. The van der Waals surface area contributed by atoms with Crippen LogP contribution in [0.4, 0.5) is 4.39 Å². The van der Waals surface area contributed by atoms with Crippen LogP contribution >= 0.6 is 0 Å². The summed E-state index contributed by atoms with van der Waals surface area (Å²) < 4.78 is 13.1. The maximum atomic E-state index is 13.1. The molecule has 0 fully saturated rings. The molecule has 0 heterocycles. The van der Waals surface area contributed by atoms with Crippen molar-refractivity contribution in [3.8, 4) is 11.1 Å². The van der Waals surface area contributed by atoms with E-state index in [2.05, 4.69) is 73.7 Å². The molecule has 3 aromatic rings. The van der Waals surface area contributed by atoms with Crippen LogP contribution in [0.25, 0.3) is 16.7 Å². The number of aryl methyl sites for hydroxylation is 1. The maximum absolute atomic E-state index is 13.1. The van der Waals surface area contributed by atoms with E-state index in [0.717, 1.165) is 18.4 Å². The zero-order valence-electron chi connectivity index (χ0n) is 15.5. The predicted octanol–water partition coefficient (Wildman–Crippen LogP) is 7.00. The molecule has 1 aliphatic carbocycles. The van der Waals surface area contributed by atoms with Gasteiger partial charge in [-0.25, -0.2) is 4.39 Å². The number of hydrogen-bond acceptors (Lipinski definition) is 0. The van der Waals surface area contributed by atoms with Crippen LogP contribution in [-0.4, -0.2) is 0 Å². The summed E-state index contributed by atoms with van der Waals surface area (Å²) in [5.74, 6) is 0.296. The van der Waals surface area contributed by atoms with Gasteiger partial charge in [-0.15, -0.1) is 0 Å². The summed E-state index contributed by atoms with van der Waals surface area (Å²) in [6.45, 7) is 2.17. The minimum absolute atomic E-state index is 0.190. The second-order valence-corrected chi connectivity index (χ2v) is 7.20. The number of hydrogen-bond donors (Lipinski definition) is 0. The second-order valence-electron chi connectivity index (χ2n) is 7.20. The van der Waals surface area contributed by atoms with Crippen LogP contribution in [0.5, 0.6) is 0 Å². The first kappa shape index (κ1) is 17.5. The smallest absolute Gasteiger partial charge is 0.123 e. The average Bonchev–Trinajstić information content (AvgIpc) is 2.70. The first-order valence-corrected chi connectivity index (χ1v) is 9.49. The van der Waals surface area contributed by atoms with Gasteiger partial charge in [-0.1, -0.05) is 78.9 Å². The summed E-state index contributed by atoms with van der Waals surface area (Å²) in [5.41, 5.74) is 7.60. The van der Waals surface area contributed by atoms with Crippen molar-refractivity contribution in [2.45, 2.75) is 19.8 Å². The zero-order chi connectivity index (χ0) is 18.6. The summed E-state index contributed by atoms with van der Waals surface area (Å²) in [4.78, 5) is 0. The lowest BCUT2D eigenvalue weighted by molar-refractivity contribution is 0.627. The van der Waals surface area contributed by atoms with Crippen LogP contribution in [0.1, 0.15) is 23.1 Å². The molecule has 0 saturated carbocycles. The highest BCUT2D eigenvalue weighted by atomic mass is 19.1. The monoisotopic (exact) mass is 354 g/mol. The fourth-order valence-corrected chi connectivity index (χ4v) is 3.79. The Morgan fingerprint density at radius 3 is 2.26 bits per heavy atom. The van der Waals surface area contributed by atoms with Crippen molar-refractivity contribution in [3.63, 3.8) is 0 Å². The Morgan fingerprint density at radius 2 is 1.56 bits per heavy atom. The Labute approximate surface area is 160 Å². The van der Waals surface area contributed by atoms with Gasteiger partial charge in [-0.05, 0) is 71.2 Å². The fraction of sp³-hybridized carbons (Fsp3) is 0.154. The van der Waals surface area contributed by atoms with Crippen molar-refractivity contribution in [1.29, 1.82) is 0 Å². The third-order valence-corrected chi connectivity index (χ3v) is 5.30. The first-order chi connectivity index (χ1) is 13.2. The molecule has 3 aromatic carbocycles. The van der Waals surface area contributed by atoms with Crippen LogP contribution in [0.3, 0.4) is 0 Å². The molecule has 0 nitrogen and oxygen atoms in total. The van der Waals surface area contributed by atoms with Gasteiger partial charge in [0.2, 0.25) is 0 Å². The molecule has 0 amide bonds. The summed E-state index contributed by atoms with van der Waals surface area (Å²) in [6, 6.07) is 24.0. The highest BCUT2D eigenvalue weighted by molar-refractivity contribution is 5.75. The molecule has 0 saturated heterocycles. The van der Waals surface area contributed by atoms with Gasteiger partial charge in [-0.2, -0.15) is 0 Å². The van der Waals surface area contributed by atoms with Crippen LogP contribution in [0.2, 0.25) is 0 Å². The summed E-state index contributed by atoms with van der Waals surface area (Å²) in [6.07, 6.45) is 8.78. The summed E-state index contributed by atoms with van der Waals surface area (Å²) in [5, 5.41) is 0. The number of halogens is 1. The molecule has 27 heavy (non-hydrogen) atoms. The Balaban J connectivity index is 1.53. The molecular formula is C26H23F. The van der Waals surface area contributed by atoms with E-state index in [1.165, 1.54) is 40.0 Å². The van der Waals surface area contributed by atoms with Crippen LogP contribution in [-0.2, 0) is 6.42 Å². The van der Waals surface area contributed by atoms with E-state index < -0.39 is 0 Å². The Kier molecular flexibility index (Phi) is 5.02. The van der Waals surface area contributed by atoms with Crippen molar-refractivity contribution in [3.05, 3.63) is 114 Å². The fourth-order valence-electron chi connectivity index (χ4n) is 3.79. The molecule has 0 aromatic heterocycles. The van der Waals surface area contributed by atoms with E-state index in [-0.39, 0.29) is 5.82 Å². The lowest BCUT2D eigenvalue weighted by Gasteiger charge is -2.19. The van der Waals surface area contributed by atoms with Crippen molar-refractivity contribution in [2.75, 3.05) is 0 Å². The Hall–Kier alpha value is -2.93. The molecule has 0 aliphatic heterocycles. The van der Waals surface area contributed by atoms with Gasteiger partial charge in [0.05, 0.1) is 0 Å². The minimum atomic E-state index is -0.190. The third kappa shape index (κ3) is 3.93. The largest absolute Gasteiger partial charge is 0.207 e. The zero-order valence-corrected chi connectivity index (χ0v) is 15.5. The predicted molar refractivity (Wildman–Crippen MR) is 112 cm³/mol. The van der Waals surface area contributed by atoms with E-state index in [1.807, 2.05) is 12.1 Å². The van der Waals surface area contributed by atoms with Crippen LogP contribution < -0.4 is 0 Å². The molecular weight excluding hydrogens is 331 g/mol. The van der Waals surface area contributed by atoms with Gasteiger partial charge in [0, 0.05) is 0 Å². The molecule has 1 atom stereocenters. The van der Waals surface area contributed by atoms with Crippen LogP contribution in [0.15, 0.2) is 91.0 Å². The second kappa shape index (κ2) is 7.75. The van der Waals surface area contributed by atoms with E-state index in [9.17, 15) is 4.39 Å². The number of rotatable bonds is 4. The summed E-state index contributed by atoms with van der Waals surface area (Å²) >= 11 is 0. The lowest BCUT2D eigenvalue weighted by Crippen LogP contribution is -2.05. The first-order valence-electron chi connectivity index (χ1n) is 9.49. The van der Waals surface area contributed by atoms with Gasteiger partial charge >= 0.3 is 0 Å². The molecule has 0 N–H and O–H groups in total. The van der Waals surface area contributed by atoms with Gasteiger partial charge in [-0.3, -0.25) is 0 Å². The third-order valence-electron chi connectivity index (χ3n) is 5.30. The van der Waals surface area contributed by atoms with Crippen molar-refractivity contribution >= 4 is 5.57 Å². The maximum Gasteiger partial charge on any atom is 0.123 e. The molecule has 1 heteroatoms. The number of allylic oxidation sites excluding steroid dienone is 4. The van der Waals surface area contributed by atoms with Crippen LogP contribution in [0, 0.1) is 18.7 Å². The van der Waals surface area contributed by atoms with E-state index >= 15 is 0 Å². The van der Waals surface area contributed by atoms with Gasteiger partial charge < -0.3 is 0 Å². The molecule has 1 unspecified atom stereocenters. The SMILES string of the molecule is Cc1ccccc1-c1ccccc1CC1C=CC(c2ccc(F)cc2)=CC1. The topological polar surface area (TPSA) is 0 Å². The highest BCUT2D eigenvalue weighted by Crippen LogP contribution is 2.31. The molecule has 134 valence electrons. The lowest BCUT2D eigenvalue weighted by atomic mass is 9.86. The quantitative estimate of drug-likeness (QED) is 0.473. The highest BCUT2D eigenvalue weighted by Gasteiger charge is 2.14. The molecule has 4 rings (SSSR count). The standard InChI is InChI=1S/C26H23F/c1-19-6-2-4-8-25(19)26-9-5-3-7-23(26)18-20-10-12-21(13-11-20)22-14-16-24(27)17-15-22/h2-10,12-17,20H,11,18H2,1H3. The number of benzene rings is 3. The minimum Gasteiger partial charge on any atom is -0.207 e. The molecule has 0 bridgehead atoms. The van der Waals surface area contributed by atoms with E-state index in [4.69, 9.17) is 0 Å². The van der Waals surface area contributed by atoms with Gasteiger partial charge in [0.15, 0.2) is 0 Å². The Morgan fingerprint density at radius 1 is 0.852 bits per heavy atom. The van der Waals surface area contributed by atoms with E-state index in [0.29, 0.717) is 5.92 Å². The summed E-state index contributed by atoms with van der Waals surface area (Å²) in [7, 11) is 0. The van der Waals surface area contributed by atoms with Crippen molar-refractivity contribution in [2.24, 2.45) is 5.92 Å². The van der Waals surface area contributed by atoms with Gasteiger partial charge in [0.25, 0.3) is 0 Å². The average molecular weight is 354 g/mol.